The summed E-state index contributed by atoms with van der Waals surface area (Å²) in [5.74, 6) is 0.170. The van der Waals surface area contributed by atoms with Crippen LogP contribution in [0.3, 0.4) is 0 Å². The fourth-order valence-corrected chi connectivity index (χ4v) is 3.13. The average Bonchev–Trinajstić information content (AvgIpc) is 2.08. The van der Waals surface area contributed by atoms with Crippen LogP contribution in [0.4, 0.5) is 5.69 Å². The normalized spacial score (nSPS) is 15.7. The van der Waals surface area contributed by atoms with Crippen molar-refractivity contribution in [3.8, 4) is 0 Å². The van der Waals surface area contributed by atoms with Gasteiger partial charge in [0, 0.05) is 22.0 Å². The molecule has 0 aliphatic carbocycles. The van der Waals surface area contributed by atoms with Gasteiger partial charge in [-0.05, 0) is 56.5 Å². The van der Waals surface area contributed by atoms with Crippen LogP contribution in [0.2, 0.25) is 0 Å². The molecule has 1 heterocycles. The Labute approximate surface area is 111 Å². The lowest BCUT2D eigenvalue weighted by Crippen LogP contribution is -2.48. The second-order valence-electron chi connectivity index (χ2n) is 3.95. The van der Waals surface area contributed by atoms with Gasteiger partial charge in [-0.25, -0.2) is 0 Å². The summed E-state index contributed by atoms with van der Waals surface area (Å²) in [6.45, 7) is 3.55. The molecule has 86 valence electrons. The number of halogens is 2. The molecule has 0 aromatic heterocycles. The second kappa shape index (κ2) is 4.85. The molecule has 5 heteroatoms. The van der Waals surface area contributed by atoms with E-state index in [0.717, 1.165) is 33.3 Å². The molecule has 1 amide bonds. The number of carbonyl (C=O) groups is 1. The van der Waals surface area contributed by atoms with E-state index >= 15 is 0 Å². The molecule has 0 radical (unpaired) electrons. The van der Waals surface area contributed by atoms with Crippen molar-refractivity contribution >= 4 is 43.5 Å². The molecule has 2 N–H and O–H groups in total. The minimum absolute atomic E-state index is 0.0732. The largest absolute Gasteiger partial charge is 0.324 e. The molecule has 0 spiro atoms. The van der Waals surface area contributed by atoms with Gasteiger partial charge in [-0.1, -0.05) is 0 Å². The molecule has 0 atom stereocenters. The first kappa shape index (κ1) is 12.1. The van der Waals surface area contributed by atoms with Gasteiger partial charge < -0.3 is 10.6 Å². The van der Waals surface area contributed by atoms with Gasteiger partial charge in [-0.3, -0.25) is 4.79 Å². The zero-order chi connectivity index (χ0) is 11.7. The maximum atomic E-state index is 11.8. The maximum Gasteiger partial charge on any atom is 0.230 e. The van der Waals surface area contributed by atoms with Gasteiger partial charge >= 0.3 is 0 Å². The van der Waals surface area contributed by atoms with Gasteiger partial charge in [0.05, 0.1) is 11.6 Å². The summed E-state index contributed by atoms with van der Waals surface area (Å²) in [6.07, 6.45) is 0. The standard InChI is InChI=1S/C11H12Br2N2O/c1-6-2-8(12)10(9(13)3-6)15-11(16)7-4-14-5-7/h2-3,7,14H,4-5H2,1H3,(H,15,16). The van der Waals surface area contributed by atoms with Gasteiger partial charge in [-0.2, -0.15) is 0 Å². The number of carbonyl (C=O) groups excluding carboxylic acids is 1. The van der Waals surface area contributed by atoms with E-state index in [1.165, 1.54) is 0 Å². The Morgan fingerprint density at radius 1 is 1.38 bits per heavy atom. The fraction of sp³-hybridized carbons (Fsp3) is 0.364. The van der Waals surface area contributed by atoms with Crippen LogP contribution in [-0.4, -0.2) is 19.0 Å². The van der Waals surface area contributed by atoms with E-state index in [1.807, 2.05) is 19.1 Å². The van der Waals surface area contributed by atoms with Crippen molar-refractivity contribution < 1.29 is 4.79 Å². The highest BCUT2D eigenvalue weighted by atomic mass is 79.9. The number of hydrogen-bond acceptors (Lipinski definition) is 2. The topological polar surface area (TPSA) is 41.1 Å². The Hall–Kier alpha value is -0.390. The summed E-state index contributed by atoms with van der Waals surface area (Å²) in [5.41, 5.74) is 1.95. The van der Waals surface area contributed by atoms with Crippen LogP contribution in [0.1, 0.15) is 5.56 Å². The van der Waals surface area contributed by atoms with Crippen molar-refractivity contribution in [2.75, 3.05) is 18.4 Å². The first-order chi connectivity index (χ1) is 7.58. The lowest BCUT2D eigenvalue weighted by molar-refractivity contribution is -0.121. The maximum absolute atomic E-state index is 11.8. The van der Waals surface area contributed by atoms with Gasteiger partial charge in [0.15, 0.2) is 0 Å². The van der Waals surface area contributed by atoms with E-state index in [4.69, 9.17) is 0 Å². The van der Waals surface area contributed by atoms with Gasteiger partial charge in [0.1, 0.15) is 0 Å². The smallest absolute Gasteiger partial charge is 0.230 e. The molecule has 0 saturated carbocycles. The molecule has 1 aliphatic rings. The molecular weight excluding hydrogens is 336 g/mol. The highest BCUT2D eigenvalue weighted by molar-refractivity contribution is 9.11. The summed E-state index contributed by atoms with van der Waals surface area (Å²) in [7, 11) is 0. The van der Waals surface area contributed by atoms with E-state index in [1.54, 1.807) is 0 Å². The highest BCUT2D eigenvalue weighted by Crippen LogP contribution is 2.32. The van der Waals surface area contributed by atoms with Crippen molar-refractivity contribution in [2.24, 2.45) is 5.92 Å². The summed E-state index contributed by atoms with van der Waals surface area (Å²) in [5, 5.41) is 6.02. The molecule has 0 unspecified atom stereocenters. The number of nitrogens with one attached hydrogen (secondary N) is 2. The third-order valence-corrected chi connectivity index (χ3v) is 3.84. The lowest BCUT2D eigenvalue weighted by Gasteiger charge is -2.26. The molecule has 1 aromatic carbocycles. The molecule has 0 bridgehead atoms. The quantitative estimate of drug-likeness (QED) is 0.863. The minimum atomic E-state index is 0.0732. The number of rotatable bonds is 2. The second-order valence-corrected chi connectivity index (χ2v) is 5.66. The lowest BCUT2D eigenvalue weighted by atomic mass is 10.0. The predicted octanol–water partition coefficient (Wildman–Crippen LogP) is 2.68. The number of aryl methyl sites for hydroxylation is 1. The SMILES string of the molecule is Cc1cc(Br)c(NC(=O)C2CNC2)c(Br)c1. The Balaban J connectivity index is 2.17. The van der Waals surface area contributed by atoms with E-state index in [0.29, 0.717) is 0 Å². The van der Waals surface area contributed by atoms with Crippen LogP contribution in [0, 0.1) is 12.8 Å². The Kier molecular flexibility index (Phi) is 3.66. The Bertz CT molecular complexity index is 407. The molecule has 1 aliphatic heterocycles. The molecule has 1 saturated heterocycles. The Morgan fingerprint density at radius 3 is 2.38 bits per heavy atom. The molecule has 16 heavy (non-hydrogen) atoms. The molecule has 1 aromatic rings. The van der Waals surface area contributed by atoms with Crippen molar-refractivity contribution in [1.82, 2.24) is 5.32 Å². The number of anilines is 1. The average molecular weight is 348 g/mol. The van der Waals surface area contributed by atoms with Crippen LogP contribution < -0.4 is 10.6 Å². The summed E-state index contributed by atoms with van der Waals surface area (Å²) in [6, 6.07) is 3.97. The van der Waals surface area contributed by atoms with Crippen molar-refractivity contribution in [1.29, 1.82) is 0 Å². The van der Waals surface area contributed by atoms with Crippen molar-refractivity contribution in [3.05, 3.63) is 26.6 Å². The fourth-order valence-electron chi connectivity index (χ4n) is 1.52. The summed E-state index contributed by atoms with van der Waals surface area (Å²) in [4.78, 5) is 11.8. The van der Waals surface area contributed by atoms with E-state index < -0.39 is 0 Å². The zero-order valence-corrected chi connectivity index (χ0v) is 12.0. The van der Waals surface area contributed by atoms with E-state index in [9.17, 15) is 4.79 Å². The third-order valence-electron chi connectivity index (χ3n) is 2.59. The number of benzene rings is 1. The van der Waals surface area contributed by atoms with Crippen LogP contribution in [0.5, 0.6) is 0 Å². The third kappa shape index (κ3) is 2.47. The van der Waals surface area contributed by atoms with Crippen molar-refractivity contribution in [3.63, 3.8) is 0 Å². The molecule has 1 fully saturated rings. The predicted molar refractivity (Wildman–Crippen MR) is 71.6 cm³/mol. The van der Waals surface area contributed by atoms with Crippen LogP contribution in [0.15, 0.2) is 21.1 Å². The van der Waals surface area contributed by atoms with E-state index in [-0.39, 0.29) is 11.8 Å². The molecular formula is C11H12Br2N2O. The molecule has 2 rings (SSSR count). The van der Waals surface area contributed by atoms with E-state index in [2.05, 4.69) is 42.5 Å². The first-order valence-corrected chi connectivity index (χ1v) is 6.64. The number of amides is 1. The molecule has 3 nitrogen and oxygen atoms in total. The summed E-state index contributed by atoms with van der Waals surface area (Å²) < 4.78 is 1.81. The first-order valence-electron chi connectivity index (χ1n) is 5.05. The highest BCUT2D eigenvalue weighted by Gasteiger charge is 2.25. The Morgan fingerprint density at radius 2 is 1.94 bits per heavy atom. The zero-order valence-electron chi connectivity index (χ0n) is 8.81. The van der Waals surface area contributed by atoms with Crippen LogP contribution in [-0.2, 0) is 4.79 Å². The minimum Gasteiger partial charge on any atom is -0.324 e. The van der Waals surface area contributed by atoms with Gasteiger partial charge in [0.2, 0.25) is 5.91 Å². The van der Waals surface area contributed by atoms with Crippen LogP contribution >= 0.6 is 31.9 Å². The summed E-state index contributed by atoms with van der Waals surface area (Å²) >= 11 is 6.91. The van der Waals surface area contributed by atoms with Gasteiger partial charge in [0.25, 0.3) is 0 Å². The number of hydrogen-bond donors (Lipinski definition) is 2. The monoisotopic (exact) mass is 346 g/mol. The van der Waals surface area contributed by atoms with Gasteiger partial charge in [-0.15, -0.1) is 0 Å². The van der Waals surface area contributed by atoms with Crippen LogP contribution in [0.25, 0.3) is 0 Å². The van der Waals surface area contributed by atoms with Crippen molar-refractivity contribution in [2.45, 2.75) is 6.92 Å².